The number of nitrogens with zero attached hydrogens (tertiary/aromatic N) is 4. The van der Waals surface area contributed by atoms with Gasteiger partial charge in [0.2, 0.25) is 0 Å². The average Bonchev–Trinajstić information content (AvgIpc) is 3.50. The molecule has 12 heteroatoms. The summed E-state index contributed by atoms with van der Waals surface area (Å²) in [7, 11) is 3.19. The number of aromatic nitrogens is 1. The van der Waals surface area contributed by atoms with E-state index in [2.05, 4.69) is 9.88 Å². The zero-order chi connectivity index (χ0) is 31.3. The summed E-state index contributed by atoms with van der Waals surface area (Å²) >= 11 is 1.38. The Hall–Kier alpha value is -4.16. The van der Waals surface area contributed by atoms with Gasteiger partial charge in [0.05, 0.1) is 26.3 Å². The summed E-state index contributed by atoms with van der Waals surface area (Å²) in [6.07, 6.45) is -4.41. The zero-order valence-electron chi connectivity index (χ0n) is 24.3. The lowest BCUT2D eigenvalue weighted by Gasteiger charge is -2.36. The Balaban J connectivity index is 1.26. The Labute approximate surface area is 257 Å². The standard InChI is InChI=1S/C32H32F4N4O3S/c1-42-27-11-8-23(29(17-27)43-2)19-38(18-22-6-9-25(33)10-7-22)20-30-37-28(21-44-30)31(41)40-14-12-39(13-15-40)26-5-3-4-24(16-26)32(34,35)36/h3-11,16-17,21H,12-15,18-20H2,1-2H3. The molecule has 0 N–H and O–H groups in total. The maximum Gasteiger partial charge on any atom is 0.416 e. The smallest absolute Gasteiger partial charge is 0.416 e. The third kappa shape index (κ3) is 7.67. The number of thiazole rings is 1. The second-order valence-electron chi connectivity index (χ2n) is 10.4. The molecule has 1 aliphatic heterocycles. The molecule has 0 spiro atoms. The molecule has 1 aliphatic rings. The van der Waals surface area contributed by atoms with Gasteiger partial charge >= 0.3 is 6.18 Å². The summed E-state index contributed by atoms with van der Waals surface area (Å²) in [6.45, 7) is 3.03. The maximum atomic E-state index is 13.6. The number of carbonyl (C=O) groups excluding carboxylic acids is 1. The predicted octanol–water partition coefficient (Wildman–Crippen LogP) is 6.48. The van der Waals surface area contributed by atoms with Gasteiger partial charge in [0, 0.05) is 62.0 Å². The summed E-state index contributed by atoms with van der Waals surface area (Å²) in [5.41, 5.74) is 1.98. The third-order valence-electron chi connectivity index (χ3n) is 7.44. The first kappa shape index (κ1) is 31.3. The van der Waals surface area contributed by atoms with Crippen molar-refractivity contribution in [3.63, 3.8) is 0 Å². The Kier molecular flexibility index (Phi) is 9.70. The van der Waals surface area contributed by atoms with Crippen molar-refractivity contribution in [3.05, 3.63) is 105 Å². The highest BCUT2D eigenvalue weighted by Gasteiger charge is 2.31. The van der Waals surface area contributed by atoms with Gasteiger partial charge in [0.25, 0.3) is 5.91 Å². The summed E-state index contributed by atoms with van der Waals surface area (Å²) < 4.78 is 64.0. The van der Waals surface area contributed by atoms with Gasteiger partial charge in [0.15, 0.2) is 0 Å². The number of alkyl halides is 3. The second-order valence-corrected chi connectivity index (χ2v) is 11.3. The molecule has 44 heavy (non-hydrogen) atoms. The van der Waals surface area contributed by atoms with Crippen LogP contribution in [-0.2, 0) is 25.8 Å². The third-order valence-corrected chi connectivity index (χ3v) is 8.28. The molecule has 4 aromatic rings. The fourth-order valence-electron chi connectivity index (χ4n) is 5.12. The van der Waals surface area contributed by atoms with Crippen molar-refractivity contribution >= 4 is 22.9 Å². The Morgan fingerprint density at radius 3 is 2.36 bits per heavy atom. The number of benzene rings is 3. The van der Waals surface area contributed by atoms with E-state index in [0.29, 0.717) is 68.7 Å². The van der Waals surface area contributed by atoms with Gasteiger partial charge in [0.1, 0.15) is 28.0 Å². The molecule has 1 aromatic heterocycles. The number of piperazine rings is 1. The van der Waals surface area contributed by atoms with Crippen molar-refractivity contribution in [1.29, 1.82) is 0 Å². The summed E-state index contributed by atoms with van der Waals surface area (Å²) in [6, 6.07) is 17.2. The number of hydrogen-bond donors (Lipinski definition) is 0. The Morgan fingerprint density at radius 2 is 1.68 bits per heavy atom. The van der Waals surface area contributed by atoms with Gasteiger partial charge in [-0.05, 0) is 42.0 Å². The van der Waals surface area contributed by atoms with Crippen molar-refractivity contribution in [2.75, 3.05) is 45.3 Å². The average molecular weight is 629 g/mol. The zero-order valence-corrected chi connectivity index (χ0v) is 25.1. The van der Waals surface area contributed by atoms with E-state index in [9.17, 15) is 22.4 Å². The van der Waals surface area contributed by atoms with E-state index in [1.165, 1.54) is 29.5 Å². The summed E-state index contributed by atoms with van der Waals surface area (Å²) in [5.74, 6) is 0.830. The number of hydrogen-bond acceptors (Lipinski definition) is 7. The van der Waals surface area contributed by atoms with Crippen LogP contribution in [0.25, 0.3) is 0 Å². The highest BCUT2D eigenvalue weighted by atomic mass is 32.1. The second kappa shape index (κ2) is 13.6. The molecule has 0 aliphatic carbocycles. The molecular formula is C32H32F4N4O3S. The van der Waals surface area contributed by atoms with Crippen LogP contribution in [0.3, 0.4) is 0 Å². The molecular weight excluding hydrogens is 596 g/mol. The molecule has 0 atom stereocenters. The molecule has 0 bridgehead atoms. The lowest BCUT2D eigenvalue weighted by atomic mass is 10.1. The molecule has 232 valence electrons. The summed E-state index contributed by atoms with van der Waals surface area (Å²) in [5, 5.41) is 2.48. The lowest BCUT2D eigenvalue weighted by molar-refractivity contribution is -0.137. The Morgan fingerprint density at radius 1 is 0.932 bits per heavy atom. The van der Waals surface area contributed by atoms with Crippen LogP contribution in [-0.4, -0.2) is 61.1 Å². The number of carbonyl (C=O) groups is 1. The minimum absolute atomic E-state index is 0.210. The Bertz CT molecular complexity index is 1570. The molecule has 0 saturated carbocycles. The first-order chi connectivity index (χ1) is 21.1. The number of rotatable bonds is 10. The largest absolute Gasteiger partial charge is 0.497 e. The predicted molar refractivity (Wildman–Crippen MR) is 161 cm³/mol. The number of amides is 1. The topological polar surface area (TPSA) is 58.1 Å². The number of halogens is 4. The van der Waals surface area contributed by atoms with E-state index in [1.807, 2.05) is 23.1 Å². The van der Waals surface area contributed by atoms with Gasteiger partial charge in [-0.15, -0.1) is 11.3 Å². The first-order valence-corrected chi connectivity index (χ1v) is 14.8. The van der Waals surface area contributed by atoms with Gasteiger partial charge in [-0.2, -0.15) is 13.2 Å². The molecule has 1 fully saturated rings. The fraction of sp³-hybridized carbons (Fsp3) is 0.312. The minimum Gasteiger partial charge on any atom is -0.497 e. The minimum atomic E-state index is -4.41. The van der Waals surface area contributed by atoms with Crippen molar-refractivity contribution < 1.29 is 31.8 Å². The van der Waals surface area contributed by atoms with Crippen LogP contribution in [0.4, 0.5) is 23.2 Å². The lowest BCUT2D eigenvalue weighted by Crippen LogP contribution is -2.49. The van der Waals surface area contributed by atoms with Crippen LogP contribution in [0.5, 0.6) is 11.5 Å². The van der Waals surface area contributed by atoms with E-state index in [4.69, 9.17) is 9.47 Å². The quantitative estimate of drug-likeness (QED) is 0.188. The molecule has 1 saturated heterocycles. The van der Waals surface area contributed by atoms with Crippen LogP contribution in [0.15, 0.2) is 72.1 Å². The van der Waals surface area contributed by atoms with Gasteiger partial charge < -0.3 is 19.3 Å². The van der Waals surface area contributed by atoms with Crippen LogP contribution in [0, 0.1) is 5.82 Å². The van der Waals surface area contributed by atoms with Crippen molar-refractivity contribution in [3.8, 4) is 11.5 Å². The molecule has 0 radical (unpaired) electrons. The molecule has 3 aromatic carbocycles. The van der Waals surface area contributed by atoms with E-state index in [0.717, 1.165) is 28.3 Å². The van der Waals surface area contributed by atoms with Crippen LogP contribution in [0.2, 0.25) is 0 Å². The van der Waals surface area contributed by atoms with Gasteiger partial charge in [-0.3, -0.25) is 9.69 Å². The fourth-order valence-corrected chi connectivity index (χ4v) is 5.93. The maximum absolute atomic E-state index is 13.6. The van der Waals surface area contributed by atoms with Crippen LogP contribution in [0.1, 0.15) is 32.2 Å². The van der Waals surface area contributed by atoms with Crippen molar-refractivity contribution in [1.82, 2.24) is 14.8 Å². The monoisotopic (exact) mass is 628 g/mol. The molecule has 7 nitrogen and oxygen atoms in total. The van der Waals surface area contributed by atoms with Crippen molar-refractivity contribution in [2.24, 2.45) is 0 Å². The molecule has 5 rings (SSSR count). The van der Waals surface area contributed by atoms with E-state index in [-0.39, 0.29) is 11.7 Å². The van der Waals surface area contributed by atoms with E-state index < -0.39 is 11.7 Å². The highest BCUT2D eigenvalue weighted by molar-refractivity contribution is 7.09. The molecule has 2 heterocycles. The number of methoxy groups -OCH3 is 2. The number of ether oxygens (including phenoxy) is 2. The first-order valence-electron chi connectivity index (χ1n) is 14.0. The van der Waals surface area contributed by atoms with Crippen molar-refractivity contribution in [2.45, 2.75) is 25.8 Å². The molecule has 1 amide bonds. The van der Waals surface area contributed by atoms with E-state index >= 15 is 0 Å². The number of anilines is 1. The summed E-state index contributed by atoms with van der Waals surface area (Å²) in [4.78, 5) is 23.6. The SMILES string of the molecule is COc1ccc(CN(Cc2ccc(F)cc2)Cc2nc(C(=O)N3CCN(c4cccc(C(F)(F)F)c4)CC3)cs2)c(OC)c1. The van der Waals surface area contributed by atoms with Crippen LogP contribution < -0.4 is 14.4 Å². The molecule has 0 unspecified atom stereocenters. The van der Waals surface area contributed by atoms with Gasteiger partial charge in [-0.1, -0.05) is 24.3 Å². The normalized spacial score (nSPS) is 13.8. The van der Waals surface area contributed by atoms with Crippen LogP contribution >= 0.6 is 11.3 Å². The highest BCUT2D eigenvalue weighted by Crippen LogP contribution is 2.32. The van der Waals surface area contributed by atoms with E-state index in [1.54, 1.807) is 42.7 Å². The van der Waals surface area contributed by atoms with Gasteiger partial charge in [-0.25, -0.2) is 9.37 Å².